The summed E-state index contributed by atoms with van der Waals surface area (Å²) >= 11 is 0. The Labute approximate surface area is 97.6 Å². The van der Waals surface area contributed by atoms with Crippen LogP contribution >= 0.6 is 0 Å². The first kappa shape index (κ1) is 15.8. The monoisotopic (exact) mass is 218 g/mol. The molecule has 1 nitrogen and oxygen atoms in total. The molecule has 0 aliphatic rings. The van der Waals surface area contributed by atoms with E-state index in [1.54, 1.807) is 0 Å². The SMILES string of the molecule is CC(C)C(C=O)(C(C)C)C(C)C.[Ti]. The van der Waals surface area contributed by atoms with E-state index in [1.807, 2.05) is 0 Å². The molecule has 0 N–H and O–H groups in total. The van der Waals surface area contributed by atoms with Crippen LogP contribution in [0.2, 0.25) is 0 Å². The number of carbonyl (C=O) groups is 1. The zero-order valence-electron chi connectivity index (χ0n) is 9.72. The summed E-state index contributed by atoms with van der Waals surface area (Å²) in [4.78, 5) is 11.2. The second-order valence-electron chi connectivity index (χ2n) is 4.58. The molecule has 0 aromatic heterocycles. The van der Waals surface area contributed by atoms with Crippen molar-refractivity contribution in [3.63, 3.8) is 0 Å². The van der Waals surface area contributed by atoms with E-state index in [0.717, 1.165) is 6.29 Å². The number of aldehydes is 1. The zero-order valence-corrected chi connectivity index (χ0v) is 11.3. The van der Waals surface area contributed by atoms with Gasteiger partial charge in [-0.15, -0.1) is 0 Å². The molecule has 0 aromatic carbocycles. The van der Waals surface area contributed by atoms with E-state index < -0.39 is 0 Å². The minimum Gasteiger partial charge on any atom is -0.303 e. The van der Waals surface area contributed by atoms with Crippen LogP contribution < -0.4 is 0 Å². The molecule has 0 aliphatic carbocycles. The van der Waals surface area contributed by atoms with E-state index in [-0.39, 0.29) is 27.1 Å². The van der Waals surface area contributed by atoms with Crippen LogP contribution in [0.1, 0.15) is 41.5 Å². The minimum atomic E-state index is -0.139. The fourth-order valence-corrected chi connectivity index (χ4v) is 2.41. The first-order chi connectivity index (χ1) is 5.39. The van der Waals surface area contributed by atoms with E-state index in [1.165, 1.54) is 0 Å². The Morgan fingerprint density at radius 1 is 0.846 bits per heavy atom. The first-order valence-corrected chi connectivity index (χ1v) is 4.85. The van der Waals surface area contributed by atoms with Crippen LogP contribution in [0.15, 0.2) is 0 Å². The average molecular weight is 218 g/mol. The van der Waals surface area contributed by atoms with Crippen molar-refractivity contribution < 1.29 is 26.5 Å². The van der Waals surface area contributed by atoms with Crippen molar-refractivity contribution in [3.05, 3.63) is 0 Å². The molecule has 0 spiro atoms. The van der Waals surface area contributed by atoms with E-state index in [2.05, 4.69) is 41.5 Å². The molecule has 0 heterocycles. The van der Waals surface area contributed by atoms with E-state index in [9.17, 15) is 4.79 Å². The normalized spacial score (nSPS) is 12.1. The maximum atomic E-state index is 11.2. The van der Waals surface area contributed by atoms with E-state index >= 15 is 0 Å². The van der Waals surface area contributed by atoms with E-state index in [0.29, 0.717) is 17.8 Å². The van der Waals surface area contributed by atoms with Crippen LogP contribution in [0, 0.1) is 23.2 Å². The van der Waals surface area contributed by atoms with Crippen LogP contribution in [0.3, 0.4) is 0 Å². The summed E-state index contributed by atoms with van der Waals surface area (Å²) in [6, 6.07) is 0. The molecule has 0 rings (SSSR count). The summed E-state index contributed by atoms with van der Waals surface area (Å²) in [5.74, 6) is 1.28. The van der Waals surface area contributed by atoms with Gasteiger partial charge in [0.15, 0.2) is 0 Å². The van der Waals surface area contributed by atoms with Crippen molar-refractivity contribution in [1.29, 1.82) is 0 Å². The Bertz CT molecular complexity index is 128. The number of hydrogen-bond donors (Lipinski definition) is 0. The molecule has 0 aromatic rings. The van der Waals surface area contributed by atoms with Gasteiger partial charge in [0.05, 0.1) is 0 Å². The van der Waals surface area contributed by atoms with Gasteiger partial charge in [-0.05, 0) is 17.8 Å². The number of rotatable bonds is 4. The molecular formula is C11H22OTi. The van der Waals surface area contributed by atoms with Gasteiger partial charge in [-0.25, -0.2) is 0 Å². The number of hydrogen-bond acceptors (Lipinski definition) is 1. The van der Waals surface area contributed by atoms with Gasteiger partial charge in [0.2, 0.25) is 0 Å². The quantitative estimate of drug-likeness (QED) is 0.523. The van der Waals surface area contributed by atoms with Gasteiger partial charge in [-0.3, -0.25) is 0 Å². The fraction of sp³-hybridized carbons (Fsp3) is 0.909. The van der Waals surface area contributed by atoms with Crippen LogP contribution in [0.4, 0.5) is 0 Å². The molecule has 0 aliphatic heterocycles. The van der Waals surface area contributed by atoms with Crippen molar-refractivity contribution in [2.75, 3.05) is 0 Å². The Hall–Kier alpha value is 0.384. The average Bonchev–Trinajstić information content (AvgIpc) is 1.86. The molecule has 0 saturated carbocycles. The van der Waals surface area contributed by atoms with Gasteiger partial charge >= 0.3 is 0 Å². The molecule has 0 unspecified atom stereocenters. The van der Waals surface area contributed by atoms with Gasteiger partial charge in [-0.2, -0.15) is 0 Å². The predicted octanol–water partition coefficient (Wildman–Crippen LogP) is 3.14. The Morgan fingerprint density at radius 3 is 1.08 bits per heavy atom. The van der Waals surface area contributed by atoms with Crippen molar-refractivity contribution in [2.24, 2.45) is 23.2 Å². The van der Waals surface area contributed by atoms with Crippen LogP contribution in [-0.2, 0) is 26.5 Å². The van der Waals surface area contributed by atoms with Crippen molar-refractivity contribution >= 4 is 6.29 Å². The molecule has 2 heteroatoms. The summed E-state index contributed by atoms with van der Waals surface area (Å²) in [7, 11) is 0. The van der Waals surface area contributed by atoms with Crippen LogP contribution in [-0.4, -0.2) is 6.29 Å². The summed E-state index contributed by atoms with van der Waals surface area (Å²) in [5, 5.41) is 0. The van der Waals surface area contributed by atoms with Crippen LogP contribution in [0.5, 0.6) is 0 Å². The molecule has 0 bridgehead atoms. The maximum Gasteiger partial charge on any atom is 0.126 e. The van der Waals surface area contributed by atoms with E-state index in [4.69, 9.17) is 0 Å². The minimum absolute atomic E-state index is 0. The summed E-state index contributed by atoms with van der Waals surface area (Å²) < 4.78 is 0. The zero-order chi connectivity index (χ0) is 9.94. The molecule has 0 saturated heterocycles. The van der Waals surface area contributed by atoms with Gasteiger partial charge in [0.1, 0.15) is 6.29 Å². The standard InChI is InChI=1S/C11H22O.Ti/c1-8(2)11(7-12,9(3)4)10(5)6;/h7-10H,1-6H3;. The summed E-state index contributed by atoms with van der Waals surface area (Å²) in [5.41, 5.74) is -0.139. The maximum absolute atomic E-state index is 11.2. The molecule has 76 valence electrons. The Morgan fingerprint density at radius 2 is 1.08 bits per heavy atom. The third-order valence-corrected chi connectivity index (χ3v) is 3.20. The van der Waals surface area contributed by atoms with Crippen molar-refractivity contribution in [2.45, 2.75) is 41.5 Å². The second-order valence-corrected chi connectivity index (χ2v) is 4.58. The van der Waals surface area contributed by atoms with Gasteiger partial charge in [0, 0.05) is 27.1 Å². The second kappa shape index (κ2) is 5.98. The Balaban J connectivity index is 0. The smallest absolute Gasteiger partial charge is 0.126 e. The predicted molar refractivity (Wildman–Crippen MR) is 53.0 cm³/mol. The van der Waals surface area contributed by atoms with Gasteiger partial charge in [-0.1, -0.05) is 41.5 Å². The molecular weight excluding hydrogens is 196 g/mol. The fourth-order valence-electron chi connectivity index (χ4n) is 2.41. The van der Waals surface area contributed by atoms with Crippen molar-refractivity contribution in [3.8, 4) is 0 Å². The molecule has 0 atom stereocenters. The van der Waals surface area contributed by atoms with Gasteiger partial charge < -0.3 is 4.79 Å². The molecule has 0 amide bonds. The molecule has 13 heavy (non-hydrogen) atoms. The van der Waals surface area contributed by atoms with Crippen molar-refractivity contribution in [1.82, 2.24) is 0 Å². The van der Waals surface area contributed by atoms with Crippen LogP contribution in [0.25, 0.3) is 0 Å². The van der Waals surface area contributed by atoms with Gasteiger partial charge in [0.25, 0.3) is 0 Å². The topological polar surface area (TPSA) is 17.1 Å². The number of carbonyl (C=O) groups excluding carboxylic acids is 1. The summed E-state index contributed by atoms with van der Waals surface area (Å²) in [6.07, 6.45) is 1.16. The molecule has 0 fully saturated rings. The molecule has 0 radical (unpaired) electrons. The third kappa shape index (κ3) is 2.92. The third-order valence-electron chi connectivity index (χ3n) is 3.20. The largest absolute Gasteiger partial charge is 0.303 e. The summed E-state index contributed by atoms with van der Waals surface area (Å²) in [6.45, 7) is 12.8. The Kier molecular flexibility index (Phi) is 7.28. The first-order valence-electron chi connectivity index (χ1n) is 4.85.